The number of pyridine rings is 1. The van der Waals surface area contributed by atoms with Gasteiger partial charge in [-0.1, -0.05) is 13.8 Å². The molecule has 0 aromatic carbocycles. The molecule has 0 atom stereocenters. The predicted molar refractivity (Wildman–Crippen MR) is 73.0 cm³/mol. The molecule has 2 fully saturated rings. The van der Waals surface area contributed by atoms with E-state index in [2.05, 4.69) is 23.7 Å². The molecule has 0 amide bonds. The van der Waals surface area contributed by atoms with Crippen LogP contribution < -0.4 is 4.90 Å². The zero-order chi connectivity index (χ0) is 13.5. The molecule has 0 bridgehead atoms. The van der Waals surface area contributed by atoms with Crippen LogP contribution in [0.2, 0.25) is 0 Å². The van der Waals surface area contributed by atoms with E-state index in [9.17, 15) is 4.39 Å². The van der Waals surface area contributed by atoms with Gasteiger partial charge in [-0.05, 0) is 30.4 Å². The molecule has 3 nitrogen and oxygen atoms in total. The smallest absolute Gasteiger partial charge is 0.165 e. The second-order valence-corrected chi connectivity index (χ2v) is 6.21. The maximum absolute atomic E-state index is 14.2. The maximum atomic E-state index is 14.2. The third-order valence-corrected chi connectivity index (χ3v) is 4.45. The minimum Gasteiger partial charge on any atom is -0.380 e. The normalized spacial score (nSPS) is 21.8. The van der Waals surface area contributed by atoms with Crippen molar-refractivity contribution in [1.29, 1.82) is 0 Å². The largest absolute Gasteiger partial charge is 0.380 e. The summed E-state index contributed by atoms with van der Waals surface area (Å²) >= 11 is 0. The summed E-state index contributed by atoms with van der Waals surface area (Å²) in [6.07, 6.45) is 3.97. The molecule has 0 N–H and O–H groups in total. The second kappa shape index (κ2) is 4.75. The van der Waals surface area contributed by atoms with Crippen molar-refractivity contribution in [3.63, 3.8) is 0 Å². The van der Waals surface area contributed by atoms with Gasteiger partial charge in [-0.3, -0.25) is 0 Å². The van der Waals surface area contributed by atoms with Crippen LogP contribution in [0.4, 0.5) is 10.2 Å². The molecule has 1 aromatic rings. The minimum atomic E-state index is -0.188. The molecule has 2 saturated heterocycles. The van der Waals surface area contributed by atoms with Crippen LogP contribution in [0.3, 0.4) is 0 Å². The second-order valence-electron chi connectivity index (χ2n) is 6.21. The van der Waals surface area contributed by atoms with Crippen molar-refractivity contribution in [2.45, 2.75) is 32.6 Å². The molecule has 0 unspecified atom stereocenters. The summed E-state index contributed by atoms with van der Waals surface area (Å²) in [4.78, 5) is 6.41. The fourth-order valence-electron chi connectivity index (χ4n) is 2.87. The highest BCUT2D eigenvalue weighted by atomic mass is 19.1. The van der Waals surface area contributed by atoms with Crippen molar-refractivity contribution < 1.29 is 9.13 Å². The van der Waals surface area contributed by atoms with E-state index in [0.29, 0.717) is 17.2 Å². The molecule has 2 aliphatic heterocycles. The molecule has 0 aliphatic carbocycles. The number of nitrogens with zero attached hydrogens (tertiary/aromatic N) is 2. The van der Waals surface area contributed by atoms with E-state index in [1.807, 2.05) is 0 Å². The highest BCUT2D eigenvalue weighted by Crippen LogP contribution is 2.39. The topological polar surface area (TPSA) is 25.4 Å². The van der Waals surface area contributed by atoms with Crippen LogP contribution in [0.1, 0.15) is 38.2 Å². The van der Waals surface area contributed by atoms with E-state index in [-0.39, 0.29) is 5.82 Å². The van der Waals surface area contributed by atoms with Crippen molar-refractivity contribution in [3.8, 4) is 0 Å². The van der Waals surface area contributed by atoms with Crippen molar-refractivity contribution in [3.05, 3.63) is 23.6 Å². The van der Waals surface area contributed by atoms with Gasteiger partial charge in [0.1, 0.15) is 0 Å². The Morgan fingerprint density at radius 3 is 2.47 bits per heavy atom. The number of piperidine rings is 1. The van der Waals surface area contributed by atoms with Gasteiger partial charge in [-0.15, -0.1) is 0 Å². The Balaban J connectivity index is 1.72. The number of hydrogen-bond acceptors (Lipinski definition) is 3. The predicted octanol–water partition coefficient (Wildman–Crippen LogP) is 2.96. The lowest BCUT2D eigenvalue weighted by Gasteiger charge is -2.47. The van der Waals surface area contributed by atoms with Crippen molar-refractivity contribution in [2.75, 3.05) is 31.2 Å². The van der Waals surface area contributed by atoms with Crippen LogP contribution >= 0.6 is 0 Å². The Hall–Kier alpha value is -1.16. The number of hydrogen-bond donors (Lipinski definition) is 0. The first kappa shape index (κ1) is 12.9. The zero-order valence-electron chi connectivity index (χ0n) is 11.7. The van der Waals surface area contributed by atoms with Crippen LogP contribution in [0, 0.1) is 11.2 Å². The number of aromatic nitrogens is 1. The van der Waals surface area contributed by atoms with Crippen LogP contribution in [-0.4, -0.2) is 31.3 Å². The van der Waals surface area contributed by atoms with Crippen LogP contribution in [-0.2, 0) is 4.74 Å². The van der Waals surface area contributed by atoms with Gasteiger partial charge in [0.25, 0.3) is 0 Å². The van der Waals surface area contributed by atoms with E-state index in [4.69, 9.17) is 4.74 Å². The summed E-state index contributed by atoms with van der Waals surface area (Å²) in [5.41, 5.74) is 1.34. The monoisotopic (exact) mass is 264 g/mol. The fourth-order valence-corrected chi connectivity index (χ4v) is 2.87. The van der Waals surface area contributed by atoms with Gasteiger partial charge in [-0.25, -0.2) is 9.37 Å². The quantitative estimate of drug-likeness (QED) is 0.821. The molecular formula is C15H21FN2O. The first-order valence-electron chi connectivity index (χ1n) is 7.08. The van der Waals surface area contributed by atoms with Crippen molar-refractivity contribution in [2.24, 2.45) is 5.41 Å². The molecule has 19 heavy (non-hydrogen) atoms. The van der Waals surface area contributed by atoms with E-state index in [1.165, 1.54) is 0 Å². The van der Waals surface area contributed by atoms with Gasteiger partial charge < -0.3 is 9.64 Å². The molecule has 0 saturated carbocycles. The molecule has 1 aromatic heterocycles. The van der Waals surface area contributed by atoms with Gasteiger partial charge >= 0.3 is 0 Å². The first-order valence-corrected chi connectivity index (χ1v) is 7.08. The number of anilines is 1. The molecule has 3 heterocycles. The highest BCUT2D eigenvalue weighted by molar-refractivity contribution is 5.42. The molecule has 2 aliphatic rings. The van der Waals surface area contributed by atoms with E-state index < -0.39 is 0 Å². The maximum Gasteiger partial charge on any atom is 0.165 e. The lowest BCUT2D eigenvalue weighted by atomic mass is 9.77. The summed E-state index contributed by atoms with van der Waals surface area (Å²) in [6, 6.07) is 1.63. The van der Waals surface area contributed by atoms with Gasteiger partial charge in [0.05, 0.1) is 13.2 Å². The molecule has 1 spiro atoms. The minimum absolute atomic E-state index is 0.188. The van der Waals surface area contributed by atoms with Gasteiger partial charge in [0, 0.05) is 24.7 Å². The highest BCUT2D eigenvalue weighted by Gasteiger charge is 2.41. The Bertz CT molecular complexity index is 461. The Labute approximate surface area is 113 Å². The van der Waals surface area contributed by atoms with E-state index in [1.54, 1.807) is 12.3 Å². The summed E-state index contributed by atoms with van der Waals surface area (Å²) < 4.78 is 19.5. The molecular weight excluding hydrogens is 243 g/mol. The molecule has 0 radical (unpaired) electrons. The van der Waals surface area contributed by atoms with E-state index in [0.717, 1.165) is 44.7 Å². The number of rotatable bonds is 2. The Kier molecular flexibility index (Phi) is 3.21. The summed E-state index contributed by atoms with van der Waals surface area (Å²) in [7, 11) is 0. The average molecular weight is 264 g/mol. The Morgan fingerprint density at radius 2 is 2.00 bits per heavy atom. The average Bonchev–Trinajstić information content (AvgIpc) is 2.37. The molecule has 3 rings (SSSR count). The lowest BCUT2D eigenvalue weighted by Crippen LogP contribution is -2.51. The first-order chi connectivity index (χ1) is 9.10. The zero-order valence-corrected chi connectivity index (χ0v) is 11.7. The molecule has 4 heteroatoms. The van der Waals surface area contributed by atoms with Gasteiger partial charge in [-0.2, -0.15) is 0 Å². The third kappa shape index (κ3) is 2.34. The van der Waals surface area contributed by atoms with Crippen molar-refractivity contribution >= 4 is 5.82 Å². The van der Waals surface area contributed by atoms with E-state index >= 15 is 0 Å². The van der Waals surface area contributed by atoms with Crippen LogP contribution in [0.25, 0.3) is 0 Å². The third-order valence-electron chi connectivity index (χ3n) is 4.45. The summed E-state index contributed by atoms with van der Waals surface area (Å²) in [5, 5.41) is 0. The standard InChI is InChI=1S/C15H21FN2O/c1-11(2)12-7-13(16)14(17-8-12)18-5-3-15(4-6-18)9-19-10-15/h7-8,11H,3-6,9-10H2,1-2H3. The SMILES string of the molecule is CC(C)c1cnc(N2CCC3(CC2)COC3)c(F)c1. The molecule has 104 valence electrons. The summed E-state index contributed by atoms with van der Waals surface area (Å²) in [6.45, 7) is 7.63. The Morgan fingerprint density at radius 1 is 1.32 bits per heavy atom. The van der Waals surface area contributed by atoms with Gasteiger partial charge in [0.15, 0.2) is 11.6 Å². The fraction of sp³-hybridized carbons (Fsp3) is 0.667. The lowest BCUT2D eigenvalue weighted by molar-refractivity contribution is -0.124. The number of ether oxygens (including phenoxy) is 1. The van der Waals surface area contributed by atoms with Crippen LogP contribution in [0.15, 0.2) is 12.3 Å². The van der Waals surface area contributed by atoms with Crippen LogP contribution in [0.5, 0.6) is 0 Å². The number of halogens is 1. The van der Waals surface area contributed by atoms with Gasteiger partial charge in [0.2, 0.25) is 0 Å². The summed E-state index contributed by atoms with van der Waals surface area (Å²) in [5.74, 6) is 0.638. The van der Waals surface area contributed by atoms with Crippen molar-refractivity contribution in [1.82, 2.24) is 4.98 Å².